The van der Waals surface area contributed by atoms with Gasteiger partial charge in [-0.15, -0.1) is 0 Å². The van der Waals surface area contributed by atoms with E-state index in [0.29, 0.717) is 0 Å². The highest BCUT2D eigenvalue weighted by Gasteiger charge is 2.18. The second-order valence-electron chi connectivity index (χ2n) is 4.17. The molecular formula is C16H14S2. The zero-order chi connectivity index (χ0) is 12.4. The summed E-state index contributed by atoms with van der Waals surface area (Å²) in [7, 11) is 0. The SMILES string of the molecule is CC=CCc1cccc2c1Sc1ccccc1S2. The highest BCUT2D eigenvalue weighted by atomic mass is 32.2. The largest absolute Gasteiger partial charge is 0.0913 e. The van der Waals surface area contributed by atoms with E-state index in [9.17, 15) is 0 Å². The number of rotatable bonds is 2. The predicted octanol–water partition coefficient (Wildman–Crippen LogP) is 5.42. The molecule has 0 atom stereocenters. The lowest BCUT2D eigenvalue weighted by Gasteiger charge is -2.20. The van der Waals surface area contributed by atoms with Crippen LogP contribution in [0.3, 0.4) is 0 Å². The quantitative estimate of drug-likeness (QED) is 0.570. The Labute approximate surface area is 116 Å². The zero-order valence-corrected chi connectivity index (χ0v) is 11.9. The standard InChI is InChI=1S/C16H14S2/c1-2-3-7-12-8-6-11-15-16(12)18-14-10-5-4-9-13(14)17-15/h2-6,8-11H,7H2,1H3. The van der Waals surface area contributed by atoms with Gasteiger partial charge in [-0.2, -0.15) is 0 Å². The molecule has 0 bridgehead atoms. The summed E-state index contributed by atoms with van der Waals surface area (Å²) in [5.41, 5.74) is 1.43. The second-order valence-corrected chi connectivity index (χ2v) is 6.30. The van der Waals surface area contributed by atoms with Gasteiger partial charge in [0.15, 0.2) is 0 Å². The maximum atomic E-state index is 2.24. The molecule has 2 aromatic carbocycles. The van der Waals surface area contributed by atoms with Crippen LogP contribution >= 0.6 is 23.5 Å². The van der Waals surface area contributed by atoms with Crippen molar-refractivity contribution in [2.24, 2.45) is 0 Å². The fraction of sp³-hybridized carbons (Fsp3) is 0.125. The highest BCUT2D eigenvalue weighted by molar-refractivity contribution is 8.05. The molecule has 18 heavy (non-hydrogen) atoms. The number of allylic oxidation sites excluding steroid dienone is 2. The van der Waals surface area contributed by atoms with Crippen LogP contribution in [-0.4, -0.2) is 0 Å². The van der Waals surface area contributed by atoms with Crippen LogP contribution in [0.4, 0.5) is 0 Å². The van der Waals surface area contributed by atoms with Gasteiger partial charge in [-0.05, 0) is 37.1 Å². The molecule has 0 saturated heterocycles. The Morgan fingerprint density at radius 1 is 0.889 bits per heavy atom. The molecule has 2 aromatic rings. The van der Waals surface area contributed by atoms with Gasteiger partial charge < -0.3 is 0 Å². The molecular weight excluding hydrogens is 256 g/mol. The molecule has 0 saturated carbocycles. The average molecular weight is 270 g/mol. The van der Waals surface area contributed by atoms with E-state index in [2.05, 4.69) is 61.5 Å². The van der Waals surface area contributed by atoms with Crippen molar-refractivity contribution in [3.05, 3.63) is 60.2 Å². The highest BCUT2D eigenvalue weighted by Crippen LogP contribution is 2.49. The normalized spacial score (nSPS) is 13.4. The summed E-state index contributed by atoms with van der Waals surface area (Å²) in [6, 6.07) is 15.3. The maximum absolute atomic E-state index is 2.24. The zero-order valence-electron chi connectivity index (χ0n) is 10.2. The molecule has 1 aliphatic rings. The van der Waals surface area contributed by atoms with Crippen LogP contribution in [0.1, 0.15) is 12.5 Å². The minimum atomic E-state index is 1.02. The Morgan fingerprint density at radius 3 is 2.39 bits per heavy atom. The molecule has 0 aromatic heterocycles. The summed E-state index contributed by atoms with van der Waals surface area (Å²) < 4.78 is 0. The summed E-state index contributed by atoms with van der Waals surface area (Å²) in [6.45, 7) is 2.08. The van der Waals surface area contributed by atoms with Gasteiger partial charge in [-0.25, -0.2) is 0 Å². The van der Waals surface area contributed by atoms with Gasteiger partial charge in [0.05, 0.1) is 0 Å². The number of benzene rings is 2. The van der Waals surface area contributed by atoms with Gasteiger partial charge in [0.1, 0.15) is 0 Å². The van der Waals surface area contributed by atoms with Crippen molar-refractivity contribution in [2.45, 2.75) is 32.9 Å². The average Bonchev–Trinajstić information content (AvgIpc) is 2.43. The molecule has 0 radical (unpaired) electrons. The minimum Gasteiger partial charge on any atom is -0.0913 e. The van der Waals surface area contributed by atoms with Crippen LogP contribution < -0.4 is 0 Å². The fourth-order valence-electron chi connectivity index (χ4n) is 2.01. The lowest BCUT2D eigenvalue weighted by Crippen LogP contribution is -1.94. The topological polar surface area (TPSA) is 0 Å². The lowest BCUT2D eigenvalue weighted by atomic mass is 10.1. The first kappa shape index (κ1) is 11.9. The van der Waals surface area contributed by atoms with Crippen molar-refractivity contribution in [2.75, 3.05) is 0 Å². The smallest absolute Gasteiger partial charge is 0.0297 e. The third-order valence-corrected chi connectivity index (χ3v) is 5.57. The molecule has 0 nitrogen and oxygen atoms in total. The minimum absolute atomic E-state index is 1.02. The third-order valence-electron chi connectivity index (χ3n) is 2.92. The summed E-state index contributed by atoms with van der Waals surface area (Å²) in [4.78, 5) is 5.57. The maximum Gasteiger partial charge on any atom is 0.0297 e. The van der Waals surface area contributed by atoms with Crippen molar-refractivity contribution in [1.82, 2.24) is 0 Å². The Kier molecular flexibility index (Phi) is 3.48. The van der Waals surface area contributed by atoms with E-state index in [0.717, 1.165) is 6.42 Å². The van der Waals surface area contributed by atoms with Crippen molar-refractivity contribution in [1.29, 1.82) is 0 Å². The Bertz CT molecular complexity index is 600. The van der Waals surface area contributed by atoms with E-state index in [1.807, 2.05) is 23.5 Å². The van der Waals surface area contributed by atoms with Crippen LogP contribution in [0.15, 0.2) is 74.2 Å². The number of hydrogen-bond acceptors (Lipinski definition) is 2. The van der Waals surface area contributed by atoms with Crippen molar-refractivity contribution in [3.63, 3.8) is 0 Å². The van der Waals surface area contributed by atoms with Gasteiger partial charge in [-0.1, -0.05) is 59.9 Å². The van der Waals surface area contributed by atoms with E-state index in [4.69, 9.17) is 0 Å². The summed E-state index contributed by atoms with van der Waals surface area (Å²) in [6.07, 6.45) is 5.37. The van der Waals surface area contributed by atoms with Gasteiger partial charge in [0.25, 0.3) is 0 Å². The van der Waals surface area contributed by atoms with Crippen LogP contribution in [0, 0.1) is 0 Å². The van der Waals surface area contributed by atoms with Crippen LogP contribution in [-0.2, 0) is 6.42 Å². The molecule has 0 aliphatic carbocycles. The molecule has 3 rings (SSSR count). The van der Waals surface area contributed by atoms with Gasteiger partial charge in [0.2, 0.25) is 0 Å². The molecule has 0 unspecified atom stereocenters. The Morgan fingerprint density at radius 2 is 1.61 bits per heavy atom. The van der Waals surface area contributed by atoms with E-state index < -0.39 is 0 Å². The first-order chi connectivity index (χ1) is 8.88. The van der Waals surface area contributed by atoms with Gasteiger partial charge >= 0.3 is 0 Å². The first-order valence-electron chi connectivity index (χ1n) is 6.06. The van der Waals surface area contributed by atoms with Crippen LogP contribution in [0.5, 0.6) is 0 Å². The van der Waals surface area contributed by atoms with Crippen molar-refractivity contribution in [3.8, 4) is 0 Å². The van der Waals surface area contributed by atoms with Crippen molar-refractivity contribution >= 4 is 23.5 Å². The molecule has 0 fully saturated rings. The summed E-state index contributed by atoms with van der Waals surface area (Å²) >= 11 is 3.79. The fourth-order valence-corrected chi connectivity index (χ4v) is 4.42. The molecule has 0 N–H and O–H groups in total. The Hall–Kier alpha value is -1.12. The van der Waals surface area contributed by atoms with Crippen LogP contribution in [0.2, 0.25) is 0 Å². The van der Waals surface area contributed by atoms with Gasteiger partial charge in [-0.3, -0.25) is 0 Å². The predicted molar refractivity (Wildman–Crippen MR) is 79.6 cm³/mol. The van der Waals surface area contributed by atoms with Gasteiger partial charge in [0, 0.05) is 19.6 Å². The molecule has 1 heterocycles. The van der Waals surface area contributed by atoms with E-state index in [-0.39, 0.29) is 0 Å². The third kappa shape index (κ3) is 2.23. The van der Waals surface area contributed by atoms with Crippen LogP contribution in [0.25, 0.3) is 0 Å². The molecule has 90 valence electrons. The second kappa shape index (κ2) is 5.25. The monoisotopic (exact) mass is 270 g/mol. The van der Waals surface area contributed by atoms with E-state index >= 15 is 0 Å². The number of hydrogen-bond donors (Lipinski definition) is 0. The molecule has 0 spiro atoms. The first-order valence-corrected chi connectivity index (χ1v) is 7.69. The molecule has 2 heteroatoms. The lowest BCUT2D eigenvalue weighted by molar-refractivity contribution is 1.07. The van der Waals surface area contributed by atoms with E-state index in [1.54, 1.807) is 0 Å². The van der Waals surface area contributed by atoms with Crippen molar-refractivity contribution < 1.29 is 0 Å². The number of fused-ring (bicyclic) bond motifs is 2. The Balaban J connectivity index is 2.02. The molecule has 1 aliphatic heterocycles. The molecule has 0 amide bonds. The van der Waals surface area contributed by atoms with E-state index in [1.165, 1.54) is 25.1 Å². The summed E-state index contributed by atoms with van der Waals surface area (Å²) in [5, 5.41) is 0. The summed E-state index contributed by atoms with van der Waals surface area (Å²) in [5.74, 6) is 0.